The molecule has 1 saturated heterocycles. The third-order valence-electron chi connectivity index (χ3n) is 7.22. The van der Waals surface area contributed by atoms with Gasteiger partial charge >= 0.3 is 12.2 Å². The molecule has 1 aliphatic heterocycles. The normalized spacial score (nSPS) is 17.1. The van der Waals surface area contributed by atoms with Crippen LogP contribution in [0.15, 0.2) is 66.9 Å². The summed E-state index contributed by atoms with van der Waals surface area (Å²) in [7, 11) is 0. The van der Waals surface area contributed by atoms with Gasteiger partial charge in [0.05, 0.1) is 18.3 Å². The molecule has 226 valence electrons. The van der Waals surface area contributed by atoms with Crippen LogP contribution in [0.5, 0.6) is 11.5 Å². The van der Waals surface area contributed by atoms with Gasteiger partial charge in [0.1, 0.15) is 11.6 Å². The zero-order chi connectivity index (χ0) is 30.3. The first-order valence-electron chi connectivity index (χ1n) is 13.8. The molecule has 0 spiro atoms. The zero-order valence-corrected chi connectivity index (χ0v) is 23.0. The Morgan fingerprint density at radius 1 is 0.905 bits per heavy atom. The number of ether oxygens (including phenoxy) is 3. The summed E-state index contributed by atoms with van der Waals surface area (Å²) in [5.74, 6) is -4.93. The zero-order valence-electron chi connectivity index (χ0n) is 23.0. The number of unbranched alkanes of at least 4 members (excludes halogenated alkanes) is 3. The Hall–Kier alpha value is -3.53. The Morgan fingerprint density at radius 2 is 1.62 bits per heavy atom. The topological polar surface area (TPSA) is 27.7 Å². The molecule has 0 bridgehead atoms. The number of hydrogen-bond donors (Lipinski definition) is 0. The van der Waals surface area contributed by atoms with Crippen LogP contribution in [-0.4, -0.2) is 6.61 Å². The maximum absolute atomic E-state index is 14.9. The van der Waals surface area contributed by atoms with E-state index in [1.165, 1.54) is 37.8 Å². The van der Waals surface area contributed by atoms with Crippen molar-refractivity contribution in [1.82, 2.24) is 0 Å². The van der Waals surface area contributed by atoms with Gasteiger partial charge in [0.25, 0.3) is 0 Å². The van der Waals surface area contributed by atoms with Crippen molar-refractivity contribution in [2.24, 2.45) is 5.92 Å². The van der Waals surface area contributed by atoms with Crippen molar-refractivity contribution in [2.45, 2.75) is 64.1 Å². The first-order valence-corrected chi connectivity index (χ1v) is 13.8. The Morgan fingerprint density at radius 3 is 2.21 bits per heavy atom. The molecule has 0 radical (unpaired) electrons. The van der Waals surface area contributed by atoms with Crippen LogP contribution in [0.1, 0.15) is 69.1 Å². The second-order valence-corrected chi connectivity index (χ2v) is 10.3. The van der Waals surface area contributed by atoms with E-state index < -0.39 is 46.7 Å². The van der Waals surface area contributed by atoms with E-state index in [9.17, 15) is 30.7 Å². The van der Waals surface area contributed by atoms with Crippen LogP contribution in [0.4, 0.5) is 30.7 Å². The number of hydrogen-bond acceptors (Lipinski definition) is 3. The lowest BCUT2D eigenvalue weighted by atomic mass is 9.90. The molecule has 0 aromatic heterocycles. The predicted octanol–water partition coefficient (Wildman–Crippen LogP) is 10.5. The molecule has 3 aromatic rings. The van der Waals surface area contributed by atoms with Crippen LogP contribution in [-0.2, 0) is 10.8 Å². The number of benzene rings is 3. The molecule has 4 rings (SSSR count). The summed E-state index contributed by atoms with van der Waals surface area (Å²) in [4.78, 5) is 0. The minimum Gasteiger partial charge on any atom is -0.453 e. The minimum absolute atomic E-state index is 0.142. The van der Waals surface area contributed by atoms with Gasteiger partial charge in [0, 0.05) is 11.6 Å². The van der Waals surface area contributed by atoms with Gasteiger partial charge in [0.2, 0.25) is 0 Å². The standard InChI is InChI=1S/C32H31F7O3/c1-2-3-4-5-6-20-7-14-29(40-18-20)21-8-10-23(11-9-21)32(38,39)42-24-12-13-25(26(33)17-24)22-15-27(34)31(28(35)16-22)41-19-30(36)37/h8-13,15-17,19-20,29H,2-7,14,18H2,1H3. The average molecular weight is 597 g/mol. The third-order valence-corrected chi connectivity index (χ3v) is 7.22. The van der Waals surface area contributed by atoms with Gasteiger partial charge in [-0.1, -0.05) is 44.7 Å². The second kappa shape index (κ2) is 14.1. The second-order valence-electron chi connectivity index (χ2n) is 10.3. The van der Waals surface area contributed by atoms with Gasteiger partial charge < -0.3 is 14.2 Å². The van der Waals surface area contributed by atoms with Gasteiger partial charge in [-0.05, 0) is 72.7 Å². The fourth-order valence-electron chi connectivity index (χ4n) is 4.98. The lowest BCUT2D eigenvalue weighted by molar-refractivity contribution is -0.185. The van der Waals surface area contributed by atoms with E-state index in [0.29, 0.717) is 30.7 Å². The molecule has 1 heterocycles. The molecule has 1 fully saturated rings. The van der Waals surface area contributed by atoms with Crippen LogP contribution < -0.4 is 9.47 Å². The number of rotatable bonds is 12. The molecular formula is C32H31F7O3. The van der Waals surface area contributed by atoms with E-state index in [1.807, 2.05) is 0 Å². The van der Waals surface area contributed by atoms with Crippen molar-refractivity contribution in [3.05, 3.63) is 95.5 Å². The Labute approximate surface area is 239 Å². The highest BCUT2D eigenvalue weighted by atomic mass is 19.3. The molecule has 1 aliphatic rings. The van der Waals surface area contributed by atoms with E-state index in [-0.39, 0.29) is 23.5 Å². The van der Waals surface area contributed by atoms with E-state index in [2.05, 4.69) is 11.7 Å². The van der Waals surface area contributed by atoms with Crippen molar-refractivity contribution in [3.63, 3.8) is 0 Å². The average Bonchev–Trinajstić information content (AvgIpc) is 2.95. The lowest BCUT2D eigenvalue weighted by Gasteiger charge is -2.29. The Balaban J connectivity index is 1.39. The molecule has 3 aromatic carbocycles. The Kier molecular flexibility index (Phi) is 10.5. The number of halogens is 7. The van der Waals surface area contributed by atoms with Crippen LogP contribution >= 0.6 is 0 Å². The molecule has 0 aliphatic carbocycles. The van der Waals surface area contributed by atoms with Crippen LogP contribution in [0.2, 0.25) is 0 Å². The molecule has 2 atom stereocenters. The molecule has 0 saturated carbocycles. The SMILES string of the molecule is CCCCCCC1CCC(c2ccc(C(F)(F)Oc3ccc(-c4cc(F)c(OC=C(F)F)c(F)c4)c(F)c3)cc2)OC1. The van der Waals surface area contributed by atoms with E-state index in [0.717, 1.165) is 37.0 Å². The maximum Gasteiger partial charge on any atom is 0.426 e. The maximum atomic E-state index is 14.9. The van der Waals surface area contributed by atoms with Crippen molar-refractivity contribution in [1.29, 1.82) is 0 Å². The molecule has 3 nitrogen and oxygen atoms in total. The predicted molar refractivity (Wildman–Crippen MR) is 144 cm³/mol. The van der Waals surface area contributed by atoms with Crippen LogP contribution in [0.25, 0.3) is 11.1 Å². The summed E-state index contributed by atoms with van der Waals surface area (Å²) >= 11 is 0. The minimum atomic E-state index is -3.81. The van der Waals surface area contributed by atoms with Crippen LogP contribution in [0, 0.1) is 23.4 Å². The molecule has 10 heteroatoms. The summed E-state index contributed by atoms with van der Waals surface area (Å²) in [6, 6.07) is 9.64. The Bertz CT molecular complexity index is 1340. The van der Waals surface area contributed by atoms with Gasteiger partial charge in [0.15, 0.2) is 23.6 Å². The lowest BCUT2D eigenvalue weighted by Crippen LogP contribution is -2.23. The molecule has 0 N–H and O–H groups in total. The van der Waals surface area contributed by atoms with Gasteiger partial charge in [-0.2, -0.15) is 17.6 Å². The van der Waals surface area contributed by atoms with Crippen molar-refractivity contribution < 1.29 is 44.9 Å². The molecule has 42 heavy (non-hydrogen) atoms. The fraction of sp³-hybridized carbons (Fsp3) is 0.375. The molecular weight excluding hydrogens is 565 g/mol. The largest absolute Gasteiger partial charge is 0.453 e. The summed E-state index contributed by atoms with van der Waals surface area (Å²) < 4.78 is 112. The summed E-state index contributed by atoms with van der Waals surface area (Å²) in [5, 5.41) is 0. The van der Waals surface area contributed by atoms with Crippen molar-refractivity contribution in [3.8, 4) is 22.6 Å². The smallest absolute Gasteiger partial charge is 0.426 e. The third kappa shape index (κ3) is 8.06. The summed E-state index contributed by atoms with van der Waals surface area (Å²) in [6.07, 6.45) is 1.37. The monoisotopic (exact) mass is 596 g/mol. The first-order chi connectivity index (χ1) is 20.1. The summed E-state index contributed by atoms with van der Waals surface area (Å²) in [6.45, 7) is 2.82. The molecule has 2 unspecified atom stereocenters. The highest BCUT2D eigenvalue weighted by Gasteiger charge is 2.35. The van der Waals surface area contributed by atoms with E-state index in [4.69, 9.17) is 9.47 Å². The van der Waals surface area contributed by atoms with Gasteiger partial charge in [-0.3, -0.25) is 0 Å². The summed E-state index contributed by atoms with van der Waals surface area (Å²) in [5.41, 5.74) is -0.293. The van der Waals surface area contributed by atoms with Crippen molar-refractivity contribution >= 4 is 0 Å². The van der Waals surface area contributed by atoms with Gasteiger partial charge in [-0.25, -0.2) is 13.2 Å². The van der Waals surface area contributed by atoms with Crippen LogP contribution in [0.3, 0.4) is 0 Å². The van der Waals surface area contributed by atoms with Crippen molar-refractivity contribution in [2.75, 3.05) is 6.61 Å². The number of alkyl halides is 2. The highest BCUT2D eigenvalue weighted by Crippen LogP contribution is 2.37. The van der Waals surface area contributed by atoms with E-state index >= 15 is 0 Å². The fourth-order valence-corrected chi connectivity index (χ4v) is 4.98. The first kappa shape index (κ1) is 31.4. The van der Waals surface area contributed by atoms with E-state index in [1.54, 1.807) is 12.1 Å². The molecule has 0 amide bonds. The van der Waals surface area contributed by atoms with Gasteiger partial charge in [-0.15, -0.1) is 0 Å². The highest BCUT2D eigenvalue weighted by molar-refractivity contribution is 5.66. The quantitative estimate of drug-likeness (QED) is 0.118.